The van der Waals surface area contributed by atoms with Crippen LogP contribution in [0, 0.1) is 6.92 Å². The zero-order valence-electron chi connectivity index (χ0n) is 14.6. The van der Waals surface area contributed by atoms with Crippen molar-refractivity contribution in [2.45, 2.75) is 6.92 Å². The topological polar surface area (TPSA) is 96.7 Å². The van der Waals surface area contributed by atoms with Gasteiger partial charge in [-0.15, -0.1) is 0 Å². The van der Waals surface area contributed by atoms with E-state index in [-0.39, 0.29) is 0 Å². The van der Waals surface area contributed by atoms with Gasteiger partial charge in [0.15, 0.2) is 0 Å². The lowest BCUT2D eigenvalue weighted by atomic mass is 10.2. The van der Waals surface area contributed by atoms with Gasteiger partial charge in [-0.3, -0.25) is 9.59 Å². The number of morpholine rings is 1. The third-order valence-electron chi connectivity index (χ3n) is 4.17. The van der Waals surface area contributed by atoms with Crippen molar-refractivity contribution in [2.24, 2.45) is 0 Å². The molecule has 0 aromatic heterocycles. The van der Waals surface area contributed by atoms with Crippen molar-refractivity contribution in [3.63, 3.8) is 0 Å². The van der Waals surface area contributed by atoms with Crippen LogP contribution in [0.3, 0.4) is 0 Å². The number of carbonyl (C=O) groups excluding carboxylic acids is 2. The Bertz CT molecular complexity index is 816. The minimum atomic E-state index is -0.766. The number of amides is 2. The first-order valence-electron chi connectivity index (χ1n) is 8.45. The molecular weight excluding hydrogens is 332 g/mol. The quantitative estimate of drug-likeness (QED) is 0.579. The van der Waals surface area contributed by atoms with Crippen molar-refractivity contribution < 1.29 is 14.3 Å². The average Bonchev–Trinajstić information content (AvgIpc) is 2.65. The zero-order valence-corrected chi connectivity index (χ0v) is 14.6. The number of benzene rings is 2. The lowest BCUT2D eigenvalue weighted by molar-refractivity contribution is -0.132. The molecular formula is C19H22N4O3. The zero-order chi connectivity index (χ0) is 18.5. The summed E-state index contributed by atoms with van der Waals surface area (Å²) in [5.74, 6) is -1.51. The molecule has 136 valence electrons. The summed E-state index contributed by atoms with van der Waals surface area (Å²) >= 11 is 0. The Kier molecular flexibility index (Phi) is 5.38. The summed E-state index contributed by atoms with van der Waals surface area (Å²) in [6.45, 7) is 4.64. The molecule has 2 aromatic carbocycles. The molecule has 1 aliphatic rings. The molecule has 2 amide bonds. The van der Waals surface area contributed by atoms with Crippen LogP contribution in [0.25, 0.3) is 0 Å². The van der Waals surface area contributed by atoms with Gasteiger partial charge in [-0.05, 0) is 36.8 Å². The molecule has 0 saturated carbocycles. The Balaban J connectivity index is 1.70. The standard InChI is InChI=1S/C19H22N4O3/c1-13-6-7-15(14(20)12-13)21-18(24)19(25)22-16-4-2-3-5-17(16)23-8-10-26-11-9-23/h2-7,12H,8-11,20H2,1H3,(H,21,24)(H,22,25). The van der Waals surface area contributed by atoms with Gasteiger partial charge in [0, 0.05) is 13.1 Å². The summed E-state index contributed by atoms with van der Waals surface area (Å²) in [6, 6.07) is 12.6. The van der Waals surface area contributed by atoms with Crippen LogP contribution in [0.5, 0.6) is 0 Å². The van der Waals surface area contributed by atoms with E-state index in [1.165, 1.54) is 0 Å². The maximum atomic E-state index is 12.3. The maximum absolute atomic E-state index is 12.3. The Labute approximate surface area is 152 Å². The minimum Gasteiger partial charge on any atom is -0.397 e. The highest BCUT2D eigenvalue weighted by Gasteiger charge is 2.19. The molecule has 0 aliphatic carbocycles. The normalized spacial score (nSPS) is 14.0. The number of nitrogen functional groups attached to an aromatic ring is 1. The van der Waals surface area contributed by atoms with E-state index < -0.39 is 11.8 Å². The van der Waals surface area contributed by atoms with Crippen molar-refractivity contribution in [1.82, 2.24) is 0 Å². The van der Waals surface area contributed by atoms with E-state index in [1.54, 1.807) is 18.2 Å². The van der Waals surface area contributed by atoms with Gasteiger partial charge in [0.05, 0.1) is 36.0 Å². The third-order valence-corrected chi connectivity index (χ3v) is 4.17. The number of aryl methyl sites for hydroxylation is 1. The van der Waals surface area contributed by atoms with E-state index in [2.05, 4.69) is 15.5 Å². The fourth-order valence-corrected chi connectivity index (χ4v) is 2.81. The smallest absolute Gasteiger partial charge is 0.314 e. The van der Waals surface area contributed by atoms with Crippen LogP contribution in [-0.4, -0.2) is 38.1 Å². The number of anilines is 4. The molecule has 1 heterocycles. The second-order valence-electron chi connectivity index (χ2n) is 6.12. The summed E-state index contributed by atoms with van der Waals surface area (Å²) in [7, 11) is 0. The van der Waals surface area contributed by atoms with Gasteiger partial charge < -0.3 is 26.0 Å². The molecule has 0 unspecified atom stereocenters. The molecule has 0 atom stereocenters. The molecule has 7 nitrogen and oxygen atoms in total. The van der Waals surface area contributed by atoms with Crippen LogP contribution in [0.15, 0.2) is 42.5 Å². The molecule has 0 radical (unpaired) electrons. The molecule has 4 N–H and O–H groups in total. The van der Waals surface area contributed by atoms with Crippen LogP contribution in [0.1, 0.15) is 5.56 Å². The van der Waals surface area contributed by atoms with E-state index in [0.717, 1.165) is 24.3 Å². The van der Waals surface area contributed by atoms with Crippen LogP contribution >= 0.6 is 0 Å². The van der Waals surface area contributed by atoms with Crippen molar-refractivity contribution in [2.75, 3.05) is 47.6 Å². The van der Waals surface area contributed by atoms with E-state index >= 15 is 0 Å². The lowest BCUT2D eigenvalue weighted by Gasteiger charge is -2.30. The molecule has 26 heavy (non-hydrogen) atoms. The molecule has 3 rings (SSSR count). The first kappa shape index (κ1) is 17.8. The number of carbonyl (C=O) groups is 2. The number of hydrogen-bond donors (Lipinski definition) is 3. The van der Waals surface area contributed by atoms with Gasteiger partial charge in [-0.1, -0.05) is 18.2 Å². The third kappa shape index (κ3) is 4.12. The number of nitrogens with zero attached hydrogens (tertiary/aromatic N) is 1. The van der Waals surface area contributed by atoms with Crippen LogP contribution < -0.4 is 21.3 Å². The van der Waals surface area contributed by atoms with Gasteiger partial charge in [0.25, 0.3) is 0 Å². The molecule has 1 saturated heterocycles. The Morgan fingerprint density at radius 3 is 2.35 bits per heavy atom. The van der Waals surface area contributed by atoms with Gasteiger partial charge in [-0.2, -0.15) is 0 Å². The summed E-state index contributed by atoms with van der Waals surface area (Å²) in [4.78, 5) is 26.7. The van der Waals surface area contributed by atoms with Crippen LogP contribution in [0.2, 0.25) is 0 Å². The highest BCUT2D eigenvalue weighted by atomic mass is 16.5. The Morgan fingerprint density at radius 1 is 1.00 bits per heavy atom. The molecule has 1 aliphatic heterocycles. The maximum Gasteiger partial charge on any atom is 0.314 e. The first-order chi connectivity index (χ1) is 12.5. The van der Waals surface area contributed by atoms with Gasteiger partial charge in [0.2, 0.25) is 0 Å². The summed E-state index contributed by atoms with van der Waals surface area (Å²) in [5.41, 5.74) is 9.14. The molecule has 7 heteroatoms. The fraction of sp³-hybridized carbons (Fsp3) is 0.263. The molecule has 0 bridgehead atoms. The number of ether oxygens (including phenoxy) is 1. The minimum absolute atomic E-state index is 0.414. The van der Waals surface area contributed by atoms with Crippen LogP contribution in [0.4, 0.5) is 22.7 Å². The van der Waals surface area contributed by atoms with Crippen molar-refractivity contribution in [1.29, 1.82) is 0 Å². The van der Waals surface area contributed by atoms with E-state index in [1.807, 2.05) is 31.2 Å². The Hall–Kier alpha value is -3.06. The largest absolute Gasteiger partial charge is 0.397 e. The van der Waals surface area contributed by atoms with Gasteiger partial charge in [-0.25, -0.2) is 0 Å². The highest BCUT2D eigenvalue weighted by Crippen LogP contribution is 2.26. The first-order valence-corrected chi connectivity index (χ1v) is 8.45. The summed E-state index contributed by atoms with van der Waals surface area (Å²) in [6.07, 6.45) is 0. The summed E-state index contributed by atoms with van der Waals surface area (Å²) < 4.78 is 5.36. The second-order valence-corrected chi connectivity index (χ2v) is 6.12. The van der Waals surface area contributed by atoms with Gasteiger partial charge in [0.1, 0.15) is 0 Å². The summed E-state index contributed by atoms with van der Waals surface area (Å²) in [5, 5.41) is 5.23. The van der Waals surface area contributed by atoms with E-state index in [0.29, 0.717) is 30.3 Å². The lowest BCUT2D eigenvalue weighted by Crippen LogP contribution is -2.37. The predicted octanol–water partition coefficient (Wildman–Crippen LogP) is 1.99. The number of rotatable bonds is 3. The fourth-order valence-electron chi connectivity index (χ4n) is 2.81. The number of nitrogens with two attached hydrogens (primary N) is 1. The monoisotopic (exact) mass is 354 g/mol. The highest BCUT2D eigenvalue weighted by molar-refractivity contribution is 6.44. The predicted molar refractivity (Wildman–Crippen MR) is 102 cm³/mol. The molecule has 1 fully saturated rings. The average molecular weight is 354 g/mol. The van der Waals surface area contributed by atoms with Crippen LogP contribution in [-0.2, 0) is 14.3 Å². The SMILES string of the molecule is Cc1ccc(NC(=O)C(=O)Nc2ccccc2N2CCOCC2)c(N)c1. The van der Waals surface area contributed by atoms with Gasteiger partial charge >= 0.3 is 11.8 Å². The Morgan fingerprint density at radius 2 is 1.65 bits per heavy atom. The van der Waals surface area contributed by atoms with Crippen molar-refractivity contribution >= 4 is 34.6 Å². The number of nitrogens with one attached hydrogen (secondary N) is 2. The van der Waals surface area contributed by atoms with E-state index in [4.69, 9.17) is 10.5 Å². The molecule has 2 aromatic rings. The number of para-hydroxylation sites is 2. The van der Waals surface area contributed by atoms with Crippen molar-refractivity contribution in [3.8, 4) is 0 Å². The van der Waals surface area contributed by atoms with Crippen molar-refractivity contribution in [3.05, 3.63) is 48.0 Å². The second kappa shape index (κ2) is 7.88. The molecule has 0 spiro atoms. The number of hydrogen-bond acceptors (Lipinski definition) is 5. The van der Waals surface area contributed by atoms with E-state index in [9.17, 15) is 9.59 Å².